The first-order valence-electron chi connectivity index (χ1n) is 10.9. The van der Waals surface area contributed by atoms with Crippen LogP contribution in [-0.2, 0) is 27.8 Å². The fraction of sp³-hybridized carbons (Fsp3) is 0.269. The van der Waals surface area contributed by atoms with Crippen molar-refractivity contribution >= 4 is 15.9 Å². The number of carbonyl (C=O) groups excluding carboxylic acids is 1. The molecular formula is C26H30N2O5S. The second-order valence-electron chi connectivity index (χ2n) is 7.85. The molecular weight excluding hydrogens is 452 g/mol. The molecule has 0 aromatic heterocycles. The van der Waals surface area contributed by atoms with Crippen molar-refractivity contribution < 1.29 is 22.7 Å². The Kier molecular flexibility index (Phi) is 8.67. The lowest BCUT2D eigenvalue weighted by Gasteiger charge is -2.25. The van der Waals surface area contributed by atoms with Gasteiger partial charge in [0.2, 0.25) is 15.9 Å². The molecule has 3 aromatic rings. The zero-order chi connectivity index (χ0) is 24.6. The van der Waals surface area contributed by atoms with Crippen molar-refractivity contribution in [2.75, 3.05) is 34.4 Å². The van der Waals surface area contributed by atoms with Crippen molar-refractivity contribution in [3.05, 3.63) is 90.0 Å². The summed E-state index contributed by atoms with van der Waals surface area (Å²) >= 11 is 0. The van der Waals surface area contributed by atoms with E-state index < -0.39 is 10.0 Å². The lowest BCUT2D eigenvalue weighted by atomic mass is 10.1. The summed E-state index contributed by atoms with van der Waals surface area (Å²) in [6, 6.07) is 23.2. The molecule has 3 rings (SSSR count). The molecule has 0 unspecified atom stereocenters. The van der Waals surface area contributed by atoms with Crippen molar-refractivity contribution in [3.63, 3.8) is 0 Å². The first-order chi connectivity index (χ1) is 16.3. The van der Waals surface area contributed by atoms with Gasteiger partial charge in [-0.25, -0.2) is 8.42 Å². The van der Waals surface area contributed by atoms with Crippen molar-refractivity contribution in [1.29, 1.82) is 0 Å². The Hall–Kier alpha value is -3.36. The molecule has 0 aliphatic rings. The third kappa shape index (κ3) is 6.59. The molecule has 0 bridgehead atoms. The molecule has 0 atom stereocenters. The van der Waals surface area contributed by atoms with Crippen LogP contribution in [0.3, 0.4) is 0 Å². The summed E-state index contributed by atoms with van der Waals surface area (Å²) in [5.74, 6) is 1.00. The van der Waals surface area contributed by atoms with Gasteiger partial charge in [0.25, 0.3) is 0 Å². The molecule has 34 heavy (non-hydrogen) atoms. The van der Waals surface area contributed by atoms with Gasteiger partial charge < -0.3 is 14.4 Å². The number of ether oxygens (including phenoxy) is 2. The fourth-order valence-electron chi connectivity index (χ4n) is 3.44. The van der Waals surface area contributed by atoms with E-state index >= 15 is 0 Å². The van der Waals surface area contributed by atoms with Crippen molar-refractivity contribution in [2.45, 2.75) is 17.9 Å². The third-order valence-corrected chi connectivity index (χ3v) is 7.37. The first-order valence-corrected chi connectivity index (χ1v) is 12.3. The fourth-order valence-corrected chi connectivity index (χ4v) is 4.83. The highest BCUT2D eigenvalue weighted by Gasteiger charge is 2.27. The van der Waals surface area contributed by atoms with Gasteiger partial charge in [0.05, 0.1) is 25.7 Å². The highest BCUT2D eigenvalue weighted by Crippen LogP contribution is 2.20. The van der Waals surface area contributed by atoms with Gasteiger partial charge in [-0.2, -0.15) is 4.31 Å². The number of carbonyl (C=O) groups is 1. The van der Waals surface area contributed by atoms with Gasteiger partial charge >= 0.3 is 0 Å². The van der Waals surface area contributed by atoms with Gasteiger partial charge in [-0.3, -0.25) is 4.79 Å². The number of hydrogen-bond acceptors (Lipinski definition) is 5. The number of benzene rings is 3. The van der Waals surface area contributed by atoms with Gasteiger partial charge in [0, 0.05) is 20.1 Å². The van der Waals surface area contributed by atoms with Crippen molar-refractivity contribution in [2.24, 2.45) is 0 Å². The molecule has 0 aliphatic heterocycles. The maximum absolute atomic E-state index is 13.4. The predicted molar refractivity (Wildman–Crippen MR) is 131 cm³/mol. The molecule has 0 saturated heterocycles. The number of nitrogens with zero attached hydrogens (tertiary/aromatic N) is 2. The summed E-state index contributed by atoms with van der Waals surface area (Å²) in [6.45, 7) is 0.284. The number of rotatable bonds is 11. The van der Waals surface area contributed by atoms with E-state index in [0.717, 1.165) is 16.9 Å². The Morgan fingerprint density at radius 1 is 0.794 bits per heavy atom. The summed E-state index contributed by atoms with van der Waals surface area (Å²) in [5, 5.41) is 0. The molecule has 1 amide bonds. The van der Waals surface area contributed by atoms with E-state index in [1.54, 1.807) is 26.3 Å². The summed E-state index contributed by atoms with van der Waals surface area (Å²) < 4.78 is 38.4. The predicted octanol–water partition coefficient (Wildman–Crippen LogP) is 3.60. The Morgan fingerprint density at radius 2 is 1.35 bits per heavy atom. The summed E-state index contributed by atoms with van der Waals surface area (Å²) in [4.78, 5) is 14.7. The summed E-state index contributed by atoms with van der Waals surface area (Å²) in [7, 11) is 0.892. The zero-order valence-electron chi connectivity index (χ0n) is 19.7. The van der Waals surface area contributed by atoms with Crippen LogP contribution in [0.1, 0.15) is 11.1 Å². The molecule has 0 saturated carbocycles. The number of amides is 1. The molecule has 0 N–H and O–H groups in total. The minimum absolute atomic E-state index is 0.118. The highest BCUT2D eigenvalue weighted by atomic mass is 32.2. The van der Waals surface area contributed by atoms with Gasteiger partial charge in [0.1, 0.15) is 11.5 Å². The number of sulfonamides is 1. The zero-order valence-corrected chi connectivity index (χ0v) is 20.5. The van der Waals surface area contributed by atoms with Crippen LogP contribution >= 0.6 is 0 Å². The lowest BCUT2D eigenvalue weighted by molar-refractivity contribution is -0.130. The largest absolute Gasteiger partial charge is 0.497 e. The molecule has 0 spiro atoms. The maximum atomic E-state index is 13.4. The topological polar surface area (TPSA) is 76.2 Å². The smallest absolute Gasteiger partial charge is 0.243 e. The van der Waals surface area contributed by atoms with Gasteiger partial charge in [-0.1, -0.05) is 42.5 Å². The number of methoxy groups -OCH3 is 2. The van der Waals surface area contributed by atoms with E-state index in [4.69, 9.17) is 9.47 Å². The third-order valence-electron chi connectivity index (χ3n) is 5.51. The molecule has 0 aliphatic carbocycles. The Balaban J connectivity index is 1.77. The molecule has 7 nitrogen and oxygen atoms in total. The van der Waals surface area contributed by atoms with Crippen LogP contribution in [0.5, 0.6) is 11.5 Å². The monoisotopic (exact) mass is 482 g/mol. The van der Waals surface area contributed by atoms with Crippen LogP contribution in [0, 0.1) is 0 Å². The van der Waals surface area contributed by atoms with Crippen LogP contribution in [-0.4, -0.2) is 57.9 Å². The Labute approximate surface area is 201 Å². The van der Waals surface area contributed by atoms with Crippen molar-refractivity contribution in [1.82, 2.24) is 9.21 Å². The van der Waals surface area contributed by atoms with E-state index in [1.807, 2.05) is 54.6 Å². The van der Waals surface area contributed by atoms with E-state index in [9.17, 15) is 13.2 Å². The maximum Gasteiger partial charge on any atom is 0.243 e. The van der Waals surface area contributed by atoms with Gasteiger partial charge in [0.15, 0.2) is 0 Å². The average Bonchev–Trinajstić information content (AvgIpc) is 2.87. The van der Waals surface area contributed by atoms with Gasteiger partial charge in [-0.15, -0.1) is 0 Å². The molecule has 0 fully saturated rings. The van der Waals surface area contributed by atoms with Crippen LogP contribution in [0.15, 0.2) is 83.8 Å². The average molecular weight is 483 g/mol. The summed E-state index contributed by atoms with van der Waals surface area (Å²) in [5.41, 5.74) is 1.92. The van der Waals surface area contributed by atoms with Gasteiger partial charge in [-0.05, 0) is 53.9 Å². The summed E-state index contributed by atoms with van der Waals surface area (Å²) in [6.07, 6.45) is 0.492. The van der Waals surface area contributed by atoms with Crippen LogP contribution < -0.4 is 9.47 Å². The van der Waals surface area contributed by atoms with Crippen LogP contribution in [0.4, 0.5) is 0 Å². The highest BCUT2D eigenvalue weighted by molar-refractivity contribution is 7.89. The van der Waals surface area contributed by atoms with E-state index in [2.05, 4.69) is 0 Å². The first kappa shape index (κ1) is 25.3. The minimum Gasteiger partial charge on any atom is -0.497 e. The lowest BCUT2D eigenvalue weighted by Crippen LogP contribution is -2.42. The number of likely N-dealkylation sites (N-methyl/N-ethyl adjacent to an activating group) is 1. The SMILES string of the molecule is COc1ccc(CN(C)C(=O)CN(CCc2ccccc2)S(=O)(=O)c2ccc(OC)cc2)cc1. The quantitative estimate of drug-likeness (QED) is 0.417. The second-order valence-corrected chi connectivity index (χ2v) is 9.79. The van der Waals surface area contributed by atoms with E-state index in [1.165, 1.54) is 28.4 Å². The second kappa shape index (κ2) is 11.7. The van der Waals surface area contributed by atoms with E-state index in [0.29, 0.717) is 18.7 Å². The molecule has 8 heteroatoms. The van der Waals surface area contributed by atoms with E-state index in [-0.39, 0.29) is 23.9 Å². The van der Waals surface area contributed by atoms with Crippen LogP contribution in [0.2, 0.25) is 0 Å². The van der Waals surface area contributed by atoms with Crippen LogP contribution in [0.25, 0.3) is 0 Å². The molecule has 3 aromatic carbocycles. The Morgan fingerprint density at radius 3 is 1.91 bits per heavy atom. The molecule has 0 radical (unpaired) electrons. The van der Waals surface area contributed by atoms with Crippen molar-refractivity contribution in [3.8, 4) is 11.5 Å². The Bertz CT molecular complexity index is 1160. The minimum atomic E-state index is -3.89. The number of hydrogen-bond donors (Lipinski definition) is 0. The molecule has 180 valence electrons. The molecule has 0 heterocycles. The normalized spacial score (nSPS) is 11.3. The standard InChI is InChI=1S/C26H30N2O5S/c1-27(19-22-9-11-23(32-2)12-10-22)26(29)20-28(18-17-21-7-5-4-6-8-21)34(30,31)25-15-13-24(33-3)14-16-25/h4-16H,17-20H2,1-3H3.